The normalized spacial score (nSPS) is 13.5. The van der Waals surface area contributed by atoms with Crippen molar-refractivity contribution in [3.05, 3.63) is 94.0 Å². The fourth-order valence-corrected chi connectivity index (χ4v) is 4.60. The fraction of sp³-hybridized carbons (Fsp3) is 0.296. The number of aryl methyl sites for hydroxylation is 1. The second-order valence-electron chi connectivity index (χ2n) is 8.28. The van der Waals surface area contributed by atoms with Gasteiger partial charge in [0.05, 0.1) is 17.8 Å². The second-order valence-corrected chi connectivity index (χ2v) is 8.28. The molecule has 2 aromatic heterocycles. The van der Waals surface area contributed by atoms with Crippen molar-refractivity contribution in [2.75, 3.05) is 19.7 Å². The molecule has 0 saturated heterocycles. The molecule has 0 atom stereocenters. The molecule has 1 N–H and O–H groups in total. The zero-order valence-electron chi connectivity index (χ0n) is 18.2. The minimum atomic E-state index is -0.122. The maximum atomic E-state index is 12.8. The number of ether oxygens (including phenoxy) is 1. The molecule has 33 heavy (non-hydrogen) atoms. The van der Waals surface area contributed by atoms with Gasteiger partial charge < -0.3 is 14.4 Å². The number of hydrogen-bond donors (Lipinski definition) is 1. The molecule has 1 aliphatic rings. The lowest BCUT2D eigenvalue weighted by molar-refractivity contribution is 0.184. The number of fused-ring (bicyclic) bond motifs is 3. The van der Waals surface area contributed by atoms with Crippen molar-refractivity contribution >= 4 is 10.9 Å². The van der Waals surface area contributed by atoms with Crippen LogP contribution >= 0.6 is 0 Å². The molecule has 4 aromatic rings. The maximum absolute atomic E-state index is 12.8. The molecule has 6 heteroatoms. The van der Waals surface area contributed by atoms with Crippen molar-refractivity contribution in [2.45, 2.75) is 27.0 Å². The molecule has 0 bridgehead atoms. The van der Waals surface area contributed by atoms with Gasteiger partial charge in [-0.3, -0.25) is 14.3 Å². The van der Waals surface area contributed by atoms with Gasteiger partial charge >= 0.3 is 0 Å². The summed E-state index contributed by atoms with van der Waals surface area (Å²) in [5.41, 5.74) is 5.56. The SMILES string of the molecule is C.Cn1c2c(c3ccc(-n4ccc(OCc5ccccc5)cc4=O)cc31)CN(CCO)CC2. The lowest BCUT2D eigenvalue weighted by Crippen LogP contribution is -2.33. The monoisotopic (exact) mass is 445 g/mol. The summed E-state index contributed by atoms with van der Waals surface area (Å²) >= 11 is 0. The van der Waals surface area contributed by atoms with E-state index in [9.17, 15) is 9.90 Å². The molecule has 0 spiro atoms. The summed E-state index contributed by atoms with van der Waals surface area (Å²) in [6.45, 7) is 3.10. The Hall–Kier alpha value is -3.35. The van der Waals surface area contributed by atoms with Gasteiger partial charge in [0.2, 0.25) is 0 Å². The highest BCUT2D eigenvalue weighted by Crippen LogP contribution is 2.31. The standard InChI is InChI=1S/C26H27N3O3.CH4/c1-27-24-10-11-28(13-14-30)17-23(24)22-8-7-20(15-25(22)27)29-12-9-21(16-26(29)31)32-18-19-5-3-2-4-6-19;/h2-9,12,15-16,30H,10-11,13-14,17-18H2,1H3;1H4. The van der Waals surface area contributed by atoms with Crippen LogP contribution in [-0.4, -0.2) is 38.8 Å². The summed E-state index contributed by atoms with van der Waals surface area (Å²) in [5, 5.41) is 10.5. The molecular weight excluding hydrogens is 414 g/mol. The molecule has 0 aliphatic carbocycles. The lowest BCUT2D eigenvalue weighted by Gasteiger charge is -2.26. The van der Waals surface area contributed by atoms with Gasteiger partial charge in [-0.15, -0.1) is 0 Å². The van der Waals surface area contributed by atoms with Crippen LogP contribution in [0.3, 0.4) is 0 Å². The number of pyridine rings is 1. The van der Waals surface area contributed by atoms with Crippen LogP contribution in [0, 0.1) is 0 Å². The van der Waals surface area contributed by atoms with Crippen molar-refractivity contribution in [3.8, 4) is 11.4 Å². The van der Waals surface area contributed by atoms with Gasteiger partial charge in [-0.25, -0.2) is 0 Å². The van der Waals surface area contributed by atoms with Crippen LogP contribution in [0.15, 0.2) is 71.7 Å². The van der Waals surface area contributed by atoms with E-state index in [4.69, 9.17) is 4.74 Å². The summed E-state index contributed by atoms with van der Waals surface area (Å²) < 4.78 is 9.69. The molecule has 6 nitrogen and oxygen atoms in total. The Balaban J connectivity index is 0.00000259. The van der Waals surface area contributed by atoms with Crippen LogP contribution in [0.25, 0.3) is 16.6 Å². The molecule has 0 amide bonds. The van der Waals surface area contributed by atoms with E-state index >= 15 is 0 Å². The van der Waals surface area contributed by atoms with E-state index in [2.05, 4.69) is 28.6 Å². The molecule has 172 valence electrons. The van der Waals surface area contributed by atoms with Crippen molar-refractivity contribution in [3.63, 3.8) is 0 Å². The predicted molar refractivity (Wildman–Crippen MR) is 132 cm³/mol. The number of nitrogens with zero attached hydrogens (tertiary/aromatic N) is 3. The Labute approximate surface area is 194 Å². The summed E-state index contributed by atoms with van der Waals surface area (Å²) in [6, 6.07) is 19.5. The first kappa shape index (κ1) is 22.8. The maximum Gasteiger partial charge on any atom is 0.258 e. The zero-order chi connectivity index (χ0) is 22.1. The van der Waals surface area contributed by atoms with Crippen LogP contribution in [0.1, 0.15) is 24.2 Å². The van der Waals surface area contributed by atoms with Crippen molar-refractivity contribution in [1.82, 2.24) is 14.0 Å². The minimum absolute atomic E-state index is 0. The number of hydrogen-bond acceptors (Lipinski definition) is 4. The van der Waals surface area contributed by atoms with E-state index in [1.807, 2.05) is 42.5 Å². The fourth-order valence-electron chi connectivity index (χ4n) is 4.60. The van der Waals surface area contributed by atoms with Crippen molar-refractivity contribution < 1.29 is 9.84 Å². The van der Waals surface area contributed by atoms with E-state index in [-0.39, 0.29) is 19.6 Å². The molecule has 2 aromatic carbocycles. The van der Waals surface area contributed by atoms with Gasteiger partial charge in [0, 0.05) is 56.4 Å². The summed E-state index contributed by atoms with van der Waals surface area (Å²) in [4.78, 5) is 15.1. The third-order valence-electron chi connectivity index (χ3n) is 6.30. The number of aliphatic hydroxyl groups is 1. The van der Waals surface area contributed by atoms with Crippen LogP contribution in [0.4, 0.5) is 0 Å². The van der Waals surface area contributed by atoms with Crippen LogP contribution in [-0.2, 0) is 26.6 Å². The topological polar surface area (TPSA) is 59.6 Å². The quantitative estimate of drug-likeness (QED) is 0.489. The lowest BCUT2D eigenvalue weighted by atomic mass is 10.0. The van der Waals surface area contributed by atoms with Crippen molar-refractivity contribution in [2.24, 2.45) is 7.05 Å². The first-order valence-corrected chi connectivity index (χ1v) is 11.0. The minimum Gasteiger partial charge on any atom is -0.489 e. The van der Waals surface area contributed by atoms with Gasteiger partial charge in [0.15, 0.2) is 0 Å². The highest BCUT2D eigenvalue weighted by Gasteiger charge is 2.22. The molecule has 0 fully saturated rings. The predicted octanol–water partition coefficient (Wildman–Crippen LogP) is 3.89. The number of aromatic nitrogens is 2. The van der Waals surface area contributed by atoms with Gasteiger partial charge in [0.25, 0.3) is 5.56 Å². The first-order chi connectivity index (χ1) is 15.6. The van der Waals surface area contributed by atoms with Gasteiger partial charge in [0.1, 0.15) is 12.4 Å². The van der Waals surface area contributed by atoms with E-state index in [1.54, 1.807) is 10.8 Å². The third kappa shape index (κ3) is 4.45. The van der Waals surface area contributed by atoms with E-state index in [1.165, 1.54) is 22.7 Å². The summed E-state index contributed by atoms with van der Waals surface area (Å²) in [6.07, 6.45) is 2.74. The molecule has 0 unspecified atom stereocenters. The number of benzene rings is 2. The van der Waals surface area contributed by atoms with Gasteiger partial charge in [-0.05, 0) is 29.3 Å². The highest BCUT2D eigenvalue weighted by molar-refractivity contribution is 5.87. The number of aliphatic hydroxyl groups excluding tert-OH is 1. The van der Waals surface area contributed by atoms with Crippen LogP contribution < -0.4 is 10.3 Å². The van der Waals surface area contributed by atoms with Gasteiger partial charge in [-0.2, -0.15) is 0 Å². The summed E-state index contributed by atoms with van der Waals surface area (Å²) in [5.74, 6) is 0.564. The Morgan fingerprint density at radius 2 is 1.88 bits per heavy atom. The second kappa shape index (κ2) is 9.65. The Kier molecular flexibility index (Phi) is 6.67. The van der Waals surface area contributed by atoms with Crippen molar-refractivity contribution in [1.29, 1.82) is 0 Å². The Morgan fingerprint density at radius 3 is 2.64 bits per heavy atom. The summed E-state index contributed by atoms with van der Waals surface area (Å²) in [7, 11) is 2.09. The molecule has 1 aliphatic heterocycles. The highest BCUT2D eigenvalue weighted by atomic mass is 16.5. The smallest absolute Gasteiger partial charge is 0.258 e. The van der Waals surface area contributed by atoms with Crippen LogP contribution in [0.2, 0.25) is 0 Å². The molecular formula is C27H31N3O3. The average Bonchev–Trinajstić information content (AvgIpc) is 3.10. The van der Waals surface area contributed by atoms with Crippen LogP contribution in [0.5, 0.6) is 5.75 Å². The molecule has 5 rings (SSSR count). The Morgan fingerprint density at radius 1 is 1.06 bits per heavy atom. The number of rotatable bonds is 6. The third-order valence-corrected chi connectivity index (χ3v) is 6.30. The Bertz CT molecular complexity index is 1310. The molecule has 0 saturated carbocycles. The molecule has 0 radical (unpaired) electrons. The van der Waals surface area contributed by atoms with E-state index in [0.29, 0.717) is 18.9 Å². The zero-order valence-corrected chi connectivity index (χ0v) is 18.2. The first-order valence-electron chi connectivity index (χ1n) is 11.0. The van der Waals surface area contributed by atoms with E-state index in [0.717, 1.165) is 36.3 Å². The van der Waals surface area contributed by atoms with Gasteiger partial charge in [-0.1, -0.05) is 43.8 Å². The van der Waals surface area contributed by atoms with E-state index < -0.39 is 0 Å². The molecule has 3 heterocycles. The number of β-amino-alcohol motifs (C(OH)–C–C–N with tert-alkyl or cyclic N) is 1. The largest absolute Gasteiger partial charge is 0.489 e. The average molecular weight is 446 g/mol.